The van der Waals surface area contributed by atoms with Gasteiger partial charge in [-0.25, -0.2) is 0 Å². The van der Waals surface area contributed by atoms with Gasteiger partial charge in [-0.2, -0.15) is 0 Å². The first kappa shape index (κ1) is 23.1. The van der Waals surface area contributed by atoms with E-state index in [0.29, 0.717) is 16.2 Å². The molecular formula is C29H52O. The van der Waals surface area contributed by atoms with E-state index in [2.05, 4.69) is 48.5 Å². The molecule has 30 heavy (non-hydrogen) atoms. The molecule has 0 bridgehead atoms. The molecule has 0 saturated heterocycles. The van der Waals surface area contributed by atoms with Gasteiger partial charge >= 0.3 is 0 Å². The Morgan fingerprint density at radius 1 is 0.867 bits per heavy atom. The molecular weight excluding hydrogens is 364 g/mol. The Morgan fingerprint density at radius 3 is 2.23 bits per heavy atom. The number of hydrogen-bond acceptors (Lipinski definition) is 1. The van der Waals surface area contributed by atoms with Crippen molar-refractivity contribution in [2.75, 3.05) is 0 Å². The zero-order valence-corrected chi connectivity index (χ0v) is 21.3. The van der Waals surface area contributed by atoms with Crippen LogP contribution in [0.3, 0.4) is 0 Å². The minimum Gasteiger partial charge on any atom is -0.393 e. The molecule has 4 saturated carbocycles. The zero-order chi connectivity index (χ0) is 21.9. The molecule has 4 aliphatic carbocycles. The van der Waals surface area contributed by atoms with Crippen LogP contribution in [-0.4, -0.2) is 11.2 Å². The molecule has 1 heteroatoms. The highest BCUT2D eigenvalue weighted by Crippen LogP contribution is 2.68. The van der Waals surface area contributed by atoms with Gasteiger partial charge in [0.15, 0.2) is 0 Å². The summed E-state index contributed by atoms with van der Waals surface area (Å²) in [5, 5.41) is 10.3. The summed E-state index contributed by atoms with van der Waals surface area (Å²) in [6.07, 6.45) is 15.0. The monoisotopic (exact) mass is 416 g/mol. The molecule has 0 unspecified atom stereocenters. The van der Waals surface area contributed by atoms with Crippen LogP contribution in [-0.2, 0) is 0 Å². The molecule has 0 aromatic carbocycles. The minimum absolute atomic E-state index is 0.0136. The van der Waals surface area contributed by atoms with E-state index in [1.165, 1.54) is 57.8 Å². The number of aliphatic hydroxyl groups excluding tert-OH is 1. The Hall–Kier alpha value is -0.0400. The summed E-state index contributed by atoms with van der Waals surface area (Å²) in [4.78, 5) is 0. The fraction of sp³-hybridized carbons (Fsp3) is 1.00. The first-order valence-corrected chi connectivity index (χ1v) is 13.7. The molecule has 4 rings (SSSR count). The van der Waals surface area contributed by atoms with Crippen molar-refractivity contribution in [1.82, 2.24) is 0 Å². The lowest BCUT2D eigenvalue weighted by Gasteiger charge is -2.61. The van der Waals surface area contributed by atoms with Crippen molar-refractivity contribution < 1.29 is 5.11 Å². The first-order chi connectivity index (χ1) is 14.0. The molecule has 0 aromatic heterocycles. The summed E-state index contributed by atoms with van der Waals surface area (Å²) in [7, 11) is 0. The van der Waals surface area contributed by atoms with Crippen molar-refractivity contribution in [3.63, 3.8) is 0 Å². The Balaban J connectivity index is 1.46. The van der Waals surface area contributed by atoms with Crippen LogP contribution in [0.4, 0.5) is 0 Å². The third-order valence-corrected chi connectivity index (χ3v) is 12.2. The van der Waals surface area contributed by atoms with Crippen molar-refractivity contribution in [3.8, 4) is 0 Å². The van der Waals surface area contributed by atoms with Crippen LogP contribution < -0.4 is 0 Å². The molecule has 0 radical (unpaired) electrons. The maximum Gasteiger partial charge on any atom is 0.0543 e. The summed E-state index contributed by atoms with van der Waals surface area (Å²) in [6.45, 7) is 17.7. The molecule has 1 N–H and O–H groups in total. The van der Waals surface area contributed by atoms with Gasteiger partial charge < -0.3 is 5.11 Å². The second-order valence-corrected chi connectivity index (χ2v) is 14.0. The van der Waals surface area contributed by atoms with Crippen LogP contribution in [0.25, 0.3) is 0 Å². The average Bonchev–Trinajstić information content (AvgIpc) is 3.04. The van der Waals surface area contributed by atoms with Gasteiger partial charge in [-0.05, 0) is 128 Å². The van der Waals surface area contributed by atoms with E-state index in [1.807, 2.05) is 0 Å². The van der Waals surface area contributed by atoms with E-state index in [1.54, 1.807) is 0 Å². The maximum atomic E-state index is 10.3. The Morgan fingerprint density at radius 2 is 1.53 bits per heavy atom. The summed E-state index contributed by atoms with van der Waals surface area (Å²) in [6, 6.07) is 0. The minimum atomic E-state index is -0.0136. The van der Waals surface area contributed by atoms with Crippen LogP contribution >= 0.6 is 0 Å². The van der Waals surface area contributed by atoms with Gasteiger partial charge in [0.2, 0.25) is 0 Å². The molecule has 0 aromatic rings. The summed E-state index contributed by atoms with van der Waals surface area (Å²) < 4.78 is 0. The van der Waals surface area contributed by atoms with E-state index in [4.69, 9.17) is 0 Å². The molecule has 0 heterocycles. The first-order valence-electron chi connectivity index (χ1n) is 13.7. The molecule has 1 nitrogen and oxygen atoms in total. The quantitative estimate of drug-likeness (QED) is 0.480. The highest BCUT2D eigenvalue weighted by Gasteiger charge is 2.60. The average molecular weight is 417 g/mol. The van der Waals surface area contributed by atoms with Crippen molar-refractivity contribution >= 4 is 0 Å². The van der Waals surface area contributed by atoms with E-state index < -0.39 is 0 Å². The Kier molecular flexibility index (Phi) is 6.22. The normalized spacial score (nSPS) is 47.5. The summed E-state index contributed by atoms with van der Waals surface area (Å²) >= 11 is 0. The van der Waals surface area contributed by atoms with Crippen LogP contribution in [0.5, 0.6) is 0 Å². The third kappa shape index (κ3) is 3.72. The predicted octanol–water partition coefficient (Wildman–Crippen LogP) is 8.10. The molecule has 9 atom stereocenters. The SMILES string of the molecule is CC(C)C(C)(C)CC[C@@H](C)[C@H]1CC[C@H]2[C@@H]3CC[C@H]4C[C@@H](O)CC[C@]4(C)[C@H]3CC[C@]12C. The van der Waals surface area contributed by atoms with E-state index in [-0.39, 0.29) is 6.10 Å². The van der Waals surface area contributed by atoms with E-state index in [9.17, 15) is 5.11 Å². The van der Waals surface area contributed by atoms with E-state index >= 15 is 0 Å². The lowest BCUT2D eigenvalue weighted by atomic mass is 9.44. The molecule has 0 aliphatic heterocycles. The highest BCUT2D eigenvalue weighted by molar-refractivity contribution is 5.09. The molecule has 174 valence electrons. The summed E-state index contributed by atoms with van der Waals surface area (Å²) in [5.74, 6) is 6.29. The standard InChI is InChI=1S/C29H52O/c1-19(2)27(4,5)15-12-20(3)24-10-11-25-23-9-8-21-18-22(30)13-16-28(21,6)26(23)14-17-29(24,25)7/h19-26,30H,8-18H2,1-7H3/t20-,21+,22+,23+,24-,25+,26+,28+,29-/m1/s1. The smallest absolute Gasteiger partial charge is 0.0543 e. The highest BCUT2D eigenvalue weighted by atomic mass is 16.3. The maximum absolute atomic E-state index is 10.3. The summed E-state index contributed by atoms with van der Waals surface area (Å²) in [5.41, 5.74) is 1.59. The van der Waals surface area contributed by atoms with Crippen LogP contribution in [0.15, 0.2) is 0 Å². The van der Waals surface area contributed by atoms with Crippen LogP contribution in [0.1, 0.15) is 119 Å². The van der Waals surface area contributed by atoms with Gasteiger partial charge in [0.25, 0.3) is 0 Å². The number of aliphatic hydroxyl groups is 1. The molecule has 4 aliphatic rings. The van der Waals surface area contributed by atoms with Gasteiger partial charge in [0, 0.05) is 0 Å². The van der Waals surface area contributed by atoms with Gasteiger partial charge in [-0.3, -0.25) is 0 Å². The number of fused-ring (bicyclic) bond motifs is 5. The zero-order valence-electron chi connectivity index (χ0n) is 21.3. The Labute approximate surface area is 188 Å². The fourth-order valence-electron chi connectivity index (χ4n) is 9.30. The van der Waals surface area contributed by atoms with Crippen molar-refractivity contribution in [1.29, 1.82) is 0 Å². The van der Waals surface area contributed by atoms with Gasteiger partial charge in [0.05, 0.1) is 6.10 Å². The third-order valence-electron chi connectivity index (χ3n) is 12.2. The number of hydrogen-bond donors (Lipinski definition) is 1. The second-order valence-electron chi connectivity index (χ2n) is 14.0. The van der Waals surface area contributed by atoms with Crippen molar-refractivity contribution in [2.24, 2.45) is 57.7 Å². The lowest BCUT2D eigenvalue weighted by Crippen LogP contribution is -2.54. The van der Waals surface area contributed by atoms with Crippen molar-refractivity contribution in [2.45, 2.75) is 125 Å². The topological polar surface area (TPSA) is 20.2 Å². The molecule has 0 amide bonds. The van der Waals surface area contributed by atoms with E-state index in [0.717, 1.165) is 54.3 Å². The van der Waals surface area contributed by atoms with Gasteiger partial charge in [0.1, 0.15) is 0 Å². The predicted molar refractivity (Wildman–Crippen MR) is 128 cm³/mol. The fourth-order valence-corrected chi connectivity index (χ4v) is 9.30. The largest absolute Gasteiger partial charge is 0.393 e. The Bertz CT molecular complexity index is 607. The number of rotatable bonds is 5. The second kappa shape index (κ2) is 8.07. The van der Waals surface area contributed by atoms with Crippen molar-refractivity contribution in [3.05, 3.63) is 0 Å². The van der Waals surface area contributed by atoms with Gasteiger partial charge in [-0.15, -0.1) is 0 Å². The molecule has 0 spiro atoms. The molecule has 4 fully saturated rings. The van der Waals surface area contributed by atoms with Crippen LogP contribution in [0.2, 0.25) is 0 Å². The lowest BCUT2D eigenvalue weighted by molar-refractivity contribution is -0.129. The van der Waals surface area contributed by atoms with Gasteiger partial charge in [-0.1, -0.05) is 48.5 Å². The van der Waals surface area contributed by atoms with Crippen LogP contribution in [0, 0.1) is 57.7 Å².